The summed E-state index contributed by atoms with van der Waals surface area (Å²) in [5, 5.41) is 21.2. The number of benzene rings is 3. The summed E-state index contributed by atoms with van der Waals surface area (Å²) in [6.45, 7) is 4.10. The molecule has 0 aromatic heterocycles. The van der Waals surface area contributed by atoms with Crippen molar-refractivity contribution in [1.82, 2.24) is 0 Å². The van der Waals surface area contributed by atoms with E-state index in [0.29, 0.717) is 5.56 Å². The van der Waals surface area contributed by atoms with E-state index in [1.807, 2.05) is 60.7 Å². The molecule has 0 saturated heterocycles. The van der Waals surface area contributed by atoms with E-state index in [2.05, 4.69) is 18.7 Å². The number of nitro benzene ring substituents is 1. The van der Waals surface area contributed by atoms with Crippen LogP contribution in [0.1, 0.15) is 35.3 Å². The molecule has 0 bridgehead atoms. The van der Waals surface area contributed by atoms with Gasteiger partial charge in [-0.2, -0.15) is 0 Å². The van der Waals surface area contributed by atoms with Crippen molar-refractivity contribution in [3.05, 3.63) is 99.6 Å². The standard InChI is InChI=1S/C25H20N2O5/c1-24(2)20-10-6-7-11-21(20)26(17-8-4-3-5-9-17)25(24)13-12-16-14-18(27(30)31)15-19(23(28)29)22(16)32-25/h3-15H,1-2H3,(H,28,29). The summed E-state index contributed by atoms with van der Waals surface area (Å²) in [5.74, 6) is -1.16. The number of hydrogen-bond donors (Lipinski definition) is 1. The number of rotatable bonds is 3. The van der Waals surface area contributed by atoms with Gasteiger partial charge in [-0.15, -0.1) is 0 Å². The monoisotopic (exact) mass is 428 g/mol. The Morgan fingerprint density at radius 2 is 1.75 bits per heavy atom. The van der Waals surface area contributed by atoms with E-state index in [-0.39, 0.29) is 17.0 Å². The molecule has 0 radical (unpaired) electrons. The second-order valence-corrected chi connectivity index (χ2v) is 8.42. The number of carbonyl (C=O) groups is 1. The summed E-state index contributed by atoms with van der Waals surface area (Å²) in [4.78, 5) is 24.8. The summed E-state index contributed by atoms with van der Waals surface area (Å²) < 4.78 is 6.61. The lowest BCUT2D eigenvalue weighted by Gasteiger charge is -2.47. The van der Waals surface area contributed by atoms with Gasteiger partial charge in [0.2, 0.25) is 5.72 Å². The van der Waals surface area contributed by atoms with E-state index < -0.39 is 22.0 Å². The van der Waals surface area contributed by atoms with Crippen LogP contribution in [0, 0.1) is 10.1 Å². The molecule has 3 aromatic rings. The number of para-hydroxylation sites is 2. The zero-order chi connectivity index (χ0) is 22.7. The first-order chi connectivity index (χ1) is 15.3. The highest BCUT2D eigenvalue weighted by atomic mass is 16.6. The van der Waals surface area contributed by atoms with E-state index in [4.69, 9.17) is 4.74 Å². The fourth-order valence-corrected chi connectivity index (χ4v) is 4.74. The second-order valence-electron chi connectivity index (χ2n) is 8.42. The quantitative estimate of drug-likeness (QED) is 0.436. The SMILES string of the molecule is CC1(C)c2ccccc2N(c2ccccc2)C12C=Cc1cc([N+](=O)[O-])cc(C(=O)O)c1O2. The molecular weight excluding hydrogens is 408 g/mol. The molecule has 160 valence electrons. The van der Waals surface area contributed by atoms with Gasteiger partial charge in [-0.05, 0) is 49.8 Å². The van der Waals surface area contributed by atoms with Crippen molar-refractivity contribution in [2.45, 2.75) is 25.0 Å². The van der Waals surface area contributed by atoms with Crippen molar-refractivity contribution in [3.8, 4) is 5.75 Å². The fourth-order valence-electron chi connectivity index (χ4n) is 4.74. The summed E-state index contributed by atoms with van der Waals surface area (Å²) in [7, 11) is 0. The van der Waals surface area contributed by atoms with Gasteiger partial charge >= 0.3 is 5.97 Å². The Hall–Kier alpha value is -4.13. The number of non-ortho nitro benzene ring substituents is 1. The molecule has 32 heavy (non-hydrogen) atoms. The average molecular weight is 428 g/mol. The number of nitrogens with zero attached hydrogens (tertiary/aromatic N) is 2. The number of fused-ring (bicyclic) bond motifs is 2. The van der Waals surface area contributed by atoms with Crippen molar-refractivity contribution in [1.29, 1.82) is 0 Å². The first-order valence-electron chi connectivity index (χ1n) is 10.1. The average Bonchev–Trinajstić information content (AvgIpc) is 2.97. The van der Waals surface area contributed by atoms with E-state index in [1.54, 1.807) is 6.08 Å². The Morgan fingerprint density at radius 3 is 2.44 bits per heavy atom. The van der Waals surface area contributed by atoms with Gasteiger partial charge in [0.25, 0.3) is 5.69 Å². The maximum Gasteiger partial charge on any atom is 0.339 e. The molecule has 2 aliphatic heterocycles. The number of carboxylic acid groups (broad SMARTS) is 1. The first-order valence-corrected chi connectivity index (χ1v) is 10.1. The summed E-state index contributed by atoms with van der Waals surface area (Å²) in [6, 6.07) is 20.1. The van der Waals surface area contributed by atoms with E-state index in [0.717, 1.165) is 23.0 Å². The van der Waals surface area contributed by atoms with Gasteiger partial charge < -0.3 is 9.84 Å². The van der Waals surface area contributed by atoms with Crippen molar-refractivity contribution in [2.75, 3.05) is 4.90 Å². The highest BCUT2D eigenvalue weighted by Gasteiger charge is 2.59. The third-order valence-electron chi connectivity index (χ3n) is 6.35. The van der Waals surface area contributed by atoms with Crippen LogP contribution in [-0.4, -0.2) is 21.7 Å². The van der Waals surface area contributed by atoms with Gasteiger partial charge in [0.05, 0.1) is 10.3 Å². The Bertz CT molecular complexity index is 1300. The highest BCUT2D eigenvalue weighted by Crippen LogP contribution is 2.58. The third kappa shape index (κ3) is 2.57. The minimum Gasteiger partial charge on any atom is -0.478 e. The molecule has 1 atom stereocenters. The molecular formula is C25H20N2O5. The Kier molecular flexibility index (Phi) is 4.14. The predicted octanol–water partition coefficient (Wildman–Crippen LogP) is 5.52. The molecule has 1 N–H and O–H groups in total. The lowest BCUT2D eigenvalue weighted by molar-refractivity contribution is -0.384. The third-order valence-corrected chi connectivity index (χ3v) is 6.35. The lowest BCUT2D eigenvalue weighted by Crippen LogP contribution is -2.58. The Morgan fingerprint density at radius 1 is 1.06 bits per heavy atom. The maximum absolute atomic E-state index is 12.0. The molecule has 1 unspecified atom stereocenters. The number of carboxylic acids is 1. The number of ether oxygens (including phenoxy) is 1. The fraction of sp³-hybridized carbons (Fsp3) is 0.160. The van der Waals surface area contributed by atoms with Crippen molar-refractivity contribution in [2.24, 2.45) is 0 Å². The molecule has 2 aliphatic rings. The van der Waals surface area contributed by atoms with Crippen molar-refractivity contribution < 1.29 is 19.6 Å². The number of nitro groups is 1. The van der Waals surface area contributed by atoms with Crippen molar-refractivity contribution >= 4 is 29.1 Å². The molecule has 2 heterocycles. The minimum atomic E-state index is -1.28. The number of hydrogen-bond acceptors (Lipinski definition) is 5. The molecule has 0 amide bonds. The smallest absolute Gasteiger partial charge is 0.339 e. The van der Waals surface area contributed by atoms with Crippen LogP contribution >= 0.6 is 0 Å². The highest BCUT2D eigenvalue weighted by molar-refractivity contribution is 5.94. The molecule has 0 aliphatic carbocycles. The van der Waals surface area contributed by atoms with Gasteiger partial charge in [-0.3, -0.25) is 15.0 Å². The van der Waals surface area contributed by atoms with Crippen LogP contribution in [0.25, 0.3) is 6.08 Å². The van der Waals surface area contributed by atoms with Crippen LogP contribution in [0.2, 0.25) is 0 Å². The minimum absolute atomic E-state index is 0.118. The van der Waals surface area contributed by atoms with Crippen LogP contribution in [-0.2, 0) is 5.41 Å². The topological polar surface area (TPSA) is 92.9 Å². The number of aromatic carboxylic acids is 1. The Labute approximate surface area is 184 Å². The lowest BCUT2D eigenvalue weighted by atomic mass is 9.76. The molecule has 0 fully saturated rings. The normalized spacial score (nSPS) is 19.9. The maximum atomic E-state index is 12.0. The van der Waals surface area contributed by atoms with Gasteiger partial charge in [0.1, 0.15) is 11.3 Å². The van der Waals surface area contributed by atoms with Crippen LogP contribution in [0.15, 0.2) is 72.8 Å². The van der Waals surface area contributed by atoms with E-state index in [9.17, 15) is 20.0 Å². The first kappa shape index (κ1) is 19.8. The summed E-state index contributed by atoms with van der Waals surface area (Å²) >= 11 is 0. The second kappa shape index (κ2) is 6.68. The van der Waals surface area contributed by atoms with Crippen LogP contribution in [0.3, 0.4) is 0 Å². The summed E-state index contributed by atoms with van der Waals surface area (Å²) in [5.41, 5.74) is 1.07. The van der Waals surface area contributed by atoms with Crippen LogP contribution in [0.5, 0.6) is 5.75 Å². The van der Waals surface area contributed by atoms with E-state index in [1.165, 1.54) is 6.07 Å². The van der Waals surface area contributed by atoms with Gasteiger partial charge in [-0.1, -0.05) is 36.4 Å². The largest absolute Gasteiger partial charge is 0.478 e. The van der Waals surface area contributed by atoms with Gasteiger partial charge in [0.15, 0.2) is 0 Å². The summed E-state index contributed by atoms with van der Waals surface area (Å²) in [6.07, 6.45) is 3.60. The van der Waals surface area contributed by atoms with Crippen molar-refractivity contribution in [3.63, 3.8) is 0 Å². The molecule has 7 heteroatoms. The molecule has 7 nitrogen and oxygen atoms in total. The number of anilines is 2. The van der Waals surface area contributed by atoms with Crippen LogP contribution < -0.4 is 9.64 Å². The zero-order valence-corrected chi connectivity index (χ0v) is 17.5. The molecule has 5 rings (SSSR count). The van der Waals surface area contributed by atoms with Crippen LogP contribution in [0.4, 0.5) is 17.1 Å². The van der Waals surface area contributed by atoms with E-state index >= 15 is 0 Å². The molecule has 0 saturated carbocycles. The molecule has 3 aromatic carbocycles. The van der Waals surface area contributed by atoms with Gasteiger partial charge in [0, 0.05) is 29.1 Å². The van der Waals surface area contributed by atoms with Gasteiger partial charge in [-0.25, -0.2) is 4.79 Å². The predicted molar refractivity (Wildman–Crippen MR) is 120 cm³/mol. The zero-order valence-electron chi connectivity index (χ0n) is 17.5. The molecule has 1 spiro atoms. The Balaban J connectivity index is 1.78.